The van der Waals surface area contributed by atoms with Crippen molar-refractivity contribution in [2.24, 2.45) is 5.92 Å². The Morgan fingerprint density at radius 2 is 2.00 bits per heavy atom. The highest BCUT2D eigenvalue weighted by atomic mass is 19.1. The van der Waals surface area contributed by atoms with Crippen LogP contribution >= 0.6 is 0 Å². The van der Waals surface area contributed by atoms with E-state index in [2.05, 4.69) is 9.97 Å². The zero-order valence-electron chi connectivity index (χ0n) is 13.7. The van der Waals surface area contributed by atoms with Gasteiger partial charge >= 0.3 is 5.97 Å². The lowest BCUT2D eigenvalue weighted by molar-refractivity contribution is 0.0692. The molecule has 0 atom stereocenters. The van der Waals surface area contributed by atoms with Gasteiger partial charge in [-0.15, -0.1) is 0 Å². The van der Waals surface area contributed by atoms with Gasteiger partial charge in [0.15, 0.2) is 0 Å². The highest BCUT2D eigenvalue weighted by molar-refractivity contribution is 5.88. The number of hydrogen-bond acceptors (Lipinski definition) is 5. The third-order valence-electron chi connectivity index (χ3n) is 4.82. The molecule has 7 heteroatoms. The lowest BCUT2D eigenvalue weighted by Gasteiger charge is -2.27. The average molecular weight is 345 g/mol. The number of carboxylic acid groups (broad SMARTS) is 1. The summed E-state index contributed by atoms with van der Waals surface area (Å²) in [5.41, 5.74) is 7.06. The Kier molecular flexibility index (Phi) is 4.94. The fourth-order valence-electron chi connectivity index (χ4n) is 3.30. The van der Waals surface area contributed by atoms with Crippen molar-refractivity contribution in [1.82, 2.24) is 9.97 Å². The van der Waals surface area contributed by atoms with Crippen LogP contribution in [0.5, 0.6) is 0 Å². The number of aromatic nitrogens is 2. The summed E-state index contributed by atoms with van der Waals surface area (Å²) in [6.45, 7) is 0.209. The van der Waals surface area contributed by atoms with E-state index in [4.69, 9.17) is 10.8 Å². The first-order valence-electron chi connectivity index (χ1n) is 8.26. The quantitative estimate of drug-likeness (QED) is 0.786. The van der Waals surface area contributed by atoms with Crippen LogP contribution in [0.1, 0.15) is 47.7 Å². The van der Waals surface area contributed by atoms with E-state index in [0.29, 0.717) is 17.2 Å². The Bertz CT molecular complexity index is 789. The number of nitrogens with zero attached hydrogens (tertiary/aromatic N) is 2. The summed E-state index contributed by atoms with van der Waals surface area (Å²) in [6, 6.07) is 3.81. The number of nitrogens with two attached hydrogens (primary N) is 1. The Balaban J connectivity index is 1.90. The van der Waals surface area contributed by atoms with Crippen molar-refractivity contribution in [3.8, 4) is 11.3 Å². The summed E-state index contributed by atoms with van der Waals surface area (Å²) in [4.78, 5) is 19.7. The van der Waals surface area contributed by atoms with E-state index in [1.165, 1.54) is 12.1 Å². The van der Waals surface area contributed by atoms with Crippen molar-refractivity contribution in [2.45, 2.75) is 31.6 Å². The second kappa shape index (κ2) is 7.14. The van der Waals surface area contributed by atoms with Crippen molar-refractivity contribution >= 4 is 11.8 Å². The minimum Gasteiger partial charge on any atom is -0.478 e. The molecule has 4 N–H and O–H groups in total. The topological polar surface area (TPSA) is 109 Å². The van der Waals surface area contributed by atoms with E-state index >= 15 is 0 Å². The van der Waals surface area contributed by atoms with Crippen LogP contribution in [0.3, 0.4) is 0 Å². The molecule has 1 saturated carbocycles. The van der Waals surface area contributed by atoms with E-state index in [1.807, 2.05) is 0 Å². The van der Waals surface area contributed by atoms with Crippen molar-refractivity contribution < 1.29 is 19.4 Å². The number of hydrogen-bond donors (Lipinski definition) is 3. The zero-order valence-corrected chi connectivity index (χ0v) is 13.7. The van der Waals surface area contributed by atoms with Crippen LogP contribution in [0.15, 0.2) is 24.4 Å². The van der Waals surface area contributed by atoms with Crippen LogP contribution in [0.2, 0.25) is 0 Å². The van der Waals surface area contributed by atoms with E-state index in [0.717, 1.165) is 37.4 Å². The molecule has 0 aliphatic heterocycles. The first kappa shape index (κ1) is 17.3. The van der Waals surface area contributed by atoms with Gasteiger partial charge in [0.25, 0.3) is 0 Å². The lowest BCUT2D eigenvalue weighted by atomic mass is 9.81. The molecule has 132 valence electrons. The van der Waals surface area contributed by atoms with Crippen LogP contribution in [-0.4, -0.2) is 32.8 Å². The number of anilines is 1. The molecule has 1 aromatic heterocycles. The van der Waals surface area contributed by atoms with Gasteiger partial charge in [0.1, 0.15) is 17.3 Å². The van der Waals surface area contributed by atoms with Gasteiger partial charge in [-0.1, -0.05) is 6.07 Å². The fraction of sp³-hybridized carbons (Fsp3) is 0.389. The maximum absolute atomic E-state index is 14.0. The monoisotopic (exact) mass is 345 g/mol. The predicted octanol–water partition coefficient (Wildman–Crippen LogP) is 2.83. The third kappa shape index (κ3) is 3.61. The molecule has 1 aliphatic carbocycles. The van der Waals surface area contributed by atoms with Gasteiger partial charge in [-0.05, 0) is 43.7 Å². The minimum absolute atomic E-state index is 0.176. The number of rotatable bonds is 4. The van der Waals surface area contributed by atoms with Crippen LogP contribution in [-0.2, 0) is 0 Å². The first-order valence-corrected chi connectivity index (χ1v) is 8.26. The molecular weight excluding hydrogens is 325 g/mol. The molecule has 1 heterocycles. The average Bonchev–Trinajstić information content (AvgIpc) is 2.62. The number of nitrogen functional groups attached to an aromatic ring is 1. The van der Waals surface area contributed by atoms with Crippen LogP contribution < -0.4 is 5.73 Å². The molecule has 0 saturated heterocycles. The smallest absolute Gasteiger partial charge is 0.338 e. The predicted molar refractivity (Wildman–Crippen MR) is 90.6 cm³/mol. The van der Waals surface area contributed by atoms with E-state index in [-0.39, 0.29) is 18.3 Å². The molecule has 0 unspecified atom stereocenters. The van der Waals surface area contributed by atoms with Gasteiger partial charge in [0, 0.05) is 18.1 Å². The van der Waals surface area contributed by atoms with Gasteiger partial charge in [-0.2, -0.15) is 0 Å². The van der Waals surface area contributed by atoms with E-state index in [9.17, 15) is 14.3 Å². The minimum atomic E-state index is -1.32. The zero-order chi connectivity index (χ0) is 18.0. The number of carbonyl (C=O) groups is 1. The number of halogens is 1. The number of benzene rings is 1. The normalized spacial score (nSPS) is 20.4. The Labute approximate surface area is 144 Å². The Morgan fingerprint density at radius 3 is 2.60 bits per heavy atom. The standard InChI is InChI=1S/C18H20FN3O3/c19-14-7-12(5-6-13(14)18(24)25)16-17(20)21-8-15(22-16)11-3-1-10(9-23)2-4-11/h5-8,10-11,23H,1-4,9H2,(H2,20,21)(H,24,25). The molecule has 1 aliphatic rings. The lowest BCUT2D eigenvalue weighted by Crippen LogP contribution is -2.17. The molecule has 3 rings (SSSR count). The van der Waals surface area contributed by atoms with Gasteiger partial charge in [0.2, 0.25) is 0 Å². The summed E-state index contributed by atoms with van der Waals surface area (Å²) >= 11 is 0. The molecule has 0 radical (unpaired) electrons. The molecule has 1 aromatic carbocycles. The summed E-state index contributed by atoms with van der Waals surface area (Å²) in [5, 5.41) is 18.2. The van der Waals surface area contributed by atoms with Crippen molar-refractivity contribution in [3.05, 3.63) is 41.5 Å². The number of aliphatic hydroxyl groups is 1. The Hall–Kier alpha value is -2.54. The Morgan fingerprint density at radius 1 is 1.28 bits per heavy atom. The van der Waals surface area contributed by atoms with Gasteiger partial charge in [0.05, 0.1) is 17.5 Å². The van der Waals surface area contributed by atoms with E-state index in [1.54, 1.807) is 6.20 Å². The van der Waals surface area contributed by atoms with Crippen LogP contribution in [0.25, 0.3) is 11.3 Å². The molecule has 0 amide bonds. The van der Waals surface area contributed by atoms with Gasteiger partial charge in [-0.3, -0.25) is 0 Å². The molecule has 1 fully saturated rings. The second-order valence-corrected chi connectivity index (χ2v) is 6.43. The summed E-state index contributed by atoms with van der Waals surface area (Å²) in [6.07, 6.45) is 5.34. The summed E-state index contributed by atoms with van der Waals surface area (Å²) in [5.74, 6) is -1.40. The summed E-state index contributed by atoms with van der Waals surface area (Å²) in [7, 11) is 0. The second-order valence-electron chi connectivity index (χ2n) is 6.43. The third-order valence-corrected chi connectivity index (χ3v) is 4.82. The van der Waals surface area contributed by atoms with Gasteiger partial charge in [-0.25, -0.2) is 19.2 Å². The maximum Gasteiger partial charge on any atom is 0.338 e. The van der Waals surface area contributed by atoms with Crippen LogP contribution in [0.4, 0.5) is 10.2 Å². The molecule has 6 nitrogen and oxygen atoms in total. The molecular formula is C18H20FN3O3. The molecule has 2 aromatic rings. The first-order chi connectivity index (χ1) is 12.0. The fourth-order valence-corrected chi connectivity index (χ4v) is 3.30. The molecule has 25 heavy (non-hydrogen) atoms. The number of aliphatic hydroxyl groups excluding tert-OH is 1. The molecule has 0 bridgehead atoms. The van der Waals surface area contributed by atoms with Crippen LogP contribution in [0, 0.1) is 11.7 Å². The molecule has 0 spiro atoms. The maximum atomic E-state index is 14.0. The van der Waals surface area contributed by atoms with E-state index < -0.39 is 17.3 Å². The van der Waals surface area contributed by atoms with Crippen molar-refractivity contribution in [3.63, 3.8) is 0 Å². The van der Waals surface area contributed by atoms with Crippen molar-refractivity contribution in [1.29, 1.82) is 0 Å². The summed E-state index contributed by atoms with van der Waals surface area (Å²) < 4.78 is 14.0. The highest BCUT2D eigenvalue weighted by Gasteiger charge is 2.24. The SMILES string of the molecule is Nc1ncc(C2CCC(CO)CC2)nc1-c1ccc(C(=O)O)c(F)c1. The number of aromatic carboxylic acids is 1. The highest BCUT2D eigenvalue weighted by Crippen LogP contribution is 2.36. The van der Waals surface area contributed by atoms with Crippen molar-refractivity contribution in [2.75, 3.05) is 12.3 Å². The van der Waals surface area contributed by atoms with Gasteiger partial charge < -0.3 is 15.9 Å². The number of carboxylic acids is 1. The largest absolute Gasteiger partial charge is 0.478 e.